The quantitative estimate of drug-likeness (QED) is 0.447. The lowest BCUT2D eigenvalue weighted by Gasteiger charge is -2.35. The molecule has 6 heteroatoms. The SMILES string of the molecule is CCc1nn2c(ncc3c(=O)n([C@H]4CCC[C@@H](C)[C@@H]4C)ccc32)c1-c1ccc(F)cc1. The highest BCUT2D eigenvalue weighted by Crippen LogP contribution is 2.37. The zero-order chi connectivity index (χ0) is 21.7. The highest BCUT2D eigenvalue weighted by atomic mass is 19.1. The van der Waals surface area contributed by atoms with Crippen molar-refractivity contribution >= 4 is 16.6 Å². The smallest absolute Gasteiger partial charge is 0.261 e. The van der Waals surface area contributed by atoms with Crippen LogP contribution in [-0.2, 0) is 6.42 Å². The van der Waals surface area contributed by atoms with Gasteiger partial charge in [0.1, 0.15) is 5.82 Å². The molecule has 3 heterocycles. The van der Waals surface area contributed by atoms with E-state index in [1.165, 1.54) is 18.6 Å². The first-order valence-corrected chi connectivity index (χ1v) is 11.2. The fourth-order valence-corrected chi connectivity index (χ4v) is 5.10. The van der Waals surface area contributed by atoms with Crippen LogP contribution in [0.5, 0.6) is 0 Å². The monoisotopic (exact) mass is 418 g/mol. The standard InChI is InChI=1S/C25H27FN4O/c1-4-20-23(17-8-10-18(26)11-9-17)24-27-14-19-22(30(24)28-20)12-13-29(25(19)31)21-7-5-6-15(2)16(21)3/h8-16,21H,4-7H2,1-3H3/t15-,16+,21+/m1/s1. The van der Waals surface area contributed by atoms with Crippen LogP contribution in [-0.4, -0.2) is 19.2 Å². The molecule has 0 saturated heterocycles. The van der Waals surface area contributed by atoms with Crippen LogP contribution in [0.1, 0.15) is 51.8 Å². The third-order valence-electron chi connectivity index (χ3n) is 7.10. The lowest BCUT2D eigenvalue weighted by molar-refractivity contribution is 0.183. The maximum atomic E-state index is 13.4. The second-order valence-electron chi connectivity index (χ2n) is 8.84. The summed E-state index contributed by atoms with van der Waals surface area (Å²) < 4.78 is 17.1. The molecule has 3 atom stereocenters. The van der Waals surface area contributed by atoms with Gasteiger partial charge >= 0.3 is 0 Å². The predicted octanol–water partition coefficient (Wildman–Crippen LogP) is 5.41. The Morgan fingerprint density at radius 3 is 2.65 bits per heavy atom. The van der Waals surface area contributed by atoms with Gasteiger partial charge in [-0.1, -0.05) is 45.7 Å². The number of halogens is 1. The summed E-state index contributed by atoms with van der Waals surface area (Å²) in [5.74, 6) is 0.795. The van der Waals surface area contributed by atoms with Gasteiger partial charge in [-0.25, -0.2) is 13.9 Å². The van der Waals surface area contributed by atoms with Crippen molar-refractivity contribution in [2.75, 3.05) is 0 Å². The average Bonchev–Trinajstić information content (AvgIpc) is 3.16. The average molecular weight is 419 g/mol. The van der Waals surface area contributed by atoms with Crippen LogP contribution in [0.4, 0.5) is 4.39 Å². The van der Waals surface area contributed by atoms with E-state index >= 15 is 0 Å². The molecule has 0 bridgehead atoms. The number of aromatic nitrogens is 4. The summed E-state index contributed by atoms with van der Waals surface area (Å²) in [6.45, 7) is 6.57. The Kier molecular flexibility index (Phi) is 4.88. The molecule has 1 aliphatic carbocycles. The number of hydrogen-bond donors (Lipinski definition) is 0. The molecule has 0 spiro atoms. The summed E-state index contributed by atoms with van der Waals surface area (Å²) in [6.07, 6.45) is 7.72. The molecule has 5 rings (SSSR count). The maximum absolute atomic E-state index is 13.4. The second-order valence-corrected chi connectivity index (χ2v) is 8.84. The van der Waals surface area contributed by atoms with Gasteiger partial charge in [-0.05, 0) is 48.4 Å². The van der Waals surface area contributed by atoms with Gasteiger partial charge in [0.25, 0.3) is 5.56 Å². The highest BCUT2D eigenvalue weighted by molar-refractivity contribution is 5.86. The summed E-state index contributed by atoms with van der Waals surface area (Å²) in [5.41, 5.74) is 4.08. The molecule has 5 nitrogen and oxygen atoms in total. The lowest BCUT2D eigenvalue weighted by Crippen LogP contribution is -2.33. The Morgan fingerprint density at radius 1 is 1.13 bits per heavy atom. The molecule has 1 aliphatic rings. The van der Waals surface area contributed by atoms with Crippen LogP contribution in [0.15, 0.2) is 47.5 Å². The van der Waals surface area contributed by atoms with Crippen molar-refractivity contribution < 1.29 is 4.39 Å². The van der Waals surface area contributed by atoms with Crippen LogP contribution in [0.2, 0.25) is 0 Å². The number of nitrogens with zero attached hydrogens (tertiary/aromatic N) is 4. The minimum atomic E-state index is -0.275. The molecular formula is C25H27FN4O. The number of hydrogen-bond acceptors (Lipinski definition) is 3. The molecule has 0 unspecified atom stereocenters. The zero-order valence-electron chi connectivity index (χ0n) is 18.2. The molecule has 4 aromatic rings. The van der Waals surface area contributed by atoms with E-state index in [9.17, 15) is 9.18 Å². The zero-order valence-corrected chi connectivity index (χ0v) is 18.2. The van der Waals surface area contributed by atoms with Crippen LogP contribution in [0.25, 0.3) is 27.7 Å². The number of fused-ring (bicyclic) bond motifs is 3. The largest absolute Gasteiger partial charge is 0.311 e. The molecule has 31 heavy (non-hydrogen) atoms. The highest BCUT2D eigenvalue weighted by Gasteiger charge is 2.29. The van der Waals surface area contributed by atoms with Crippen LogP contribution in [0, 0.1) is 17.7 Å². The van der Waals surface area contributed by atoms with Gasteiger partial charge < -0.3 is 4.57 Å². The summed E-state index contributed by atoms with van der Waals surface area (Å²) in [7, 11) is 0. The summed E-state index contributed by atoms with van der Waals surface area (Å²) in [6, 6.07) is 8.60. The first-order chi connectivity index (χ1) is 15.0. The minimum absolute atomic E-state index is 0.00488. The first kappa shape index (κ1) is 19.9. The Hall–Kier alpha value is -3.02. The van der Waals surface area contributed by atoms with Gasteiger partial charge in [-0.2, -0.15) is 5.10 Å². The Labute approximate surface area is 180 Å². The van der Waals surface area contributed by atoms with E-state index in [-0.39, 0.29) is 17.4 Å². The van der Waals surface area contributed by atoms with Gasteiger partial charge in [-0.15, -0.1) is 0 Å². The van der Waals surface area contributed by atoms with Crippen molar-refractivity contribution in [3.8, 4) is 11.1 Å². The maximum Gasteiger partial charge on any atom is 0.261 e. The molecule has 1 saturated carbocycles. The summed E-state index contributed by atoms with van der Waals surface area (Å²) in [4.78, 5) is 18.1. The molecule has 1 fully saturated rings. The van der Waals surface area contributed by atoms with Crippen molar-refractivity contribution in [1.82, 2.24) is 19.2 Å². The third kappa shape index (κ3) is 3.16. The summed E-state index contributed by atoms with van der Waals surface area (Å²) in [5, 5.41) is 5.36. The van der Waals surface area contributed by atoms with Crippen LogP contribution >= 0.6 is 0 Å². The number of rotatable bonds is 3. The molecule has 0 amide bonds. The normalized spacial score (nSPS) is 21.7. The van der Waals surface area contributed by atoms with Crippen LogP contribution < -0.4 is 5.56 Å². The predicted molar refractivity (Wildman–Crippen MR) is 121 cm³/mol. The van der Waals surface area contributed by atoms with Crippen molar-refractivity contribution in [2.24, 2.45) is 11.8 Å². The van der Waals surface area contributed by atoms with E-state index < -0.39 is 0 Å². The van der Waals surface area contributed by atoms with Gasteiger partial charge in [0.15, 0.2) is 5.65 Å². The van der Waals surface area contributed by atoms with E-state index in [1.54, 1.807) is 22.8 Å². The number of pyridine rings is 1. The van der Waals surface area contributed by atoms with E-state index in [0.29, 0.717) is 29.3 Å². The van der Waals surface area contributed by atoms with E-state index in [0.717, 1.165) is 35.2 Å². The van der Waals surface area contributed by atoms with Crippen LogP contribution in [0.3, 0.4) is 0 Å². The van der Waals surface area contributed by atoms with E-state index in [4.69, 9.17) is 5.10 Å². The molecule has 160 valence electrons. The van der Waals surface area contributed by atoms with Crippen molar-refractivity contribution in [3.05, 3.63) is 64.6 Å². The lowest BCUT2D eigenvalue weighted by atomic mass is 9.78. The van der Waals surface area contributed by atoms with Crippen molar-refractivity contribution in [2.45, 2.75) is 52.5 Å². The third-order valence-corrected chi connectivity index (χ3v) is 7.10. The van der Waals surface area contributed by atoms with Gasteiger partial charge in [0.2, 0.25) is 0 Å². The Balaban J connectivity index is 1.70. The summed E-state index contributed by atoms with van der Waals surface area (Å²) >= 11 is 0. The van der Waals surface area contributed by atoms with Gasteiger partial charge in [-0.3, -0.25) is 4.79 Å². The molecular weight excluding hydrogens is 391 g/mol. The fourth-order valence-electron chi connectivity index (χ4n) is 5.10. The molecule has 0 radical (unpaired) electrons. The molecule has 1 aromatic carbocycles. The Bertz CT molecular complexity index is 1320. The number of aryl methyl sites for hydroxylation is 1. The minimum Gasteiger partial charge on any atom is -0.311 e. The van der Waals surface area contributed by atoms with E-state index in [2.05, 4.69) is 18.8 Å². The van der Waals surface area contributed by atoms with Crippen molar-refractivity contribution in [1.29, 1.82) is 0 Å². The van der Waals surface area contributed by atoms with Gasteiger partial charge in [0, 0.05) is 24.0 Å². The van der Waals surface area contributed by atoms with Crippen molar-refractivity contribution in [3.63, 3.8) is 0 Å². The molecule has 0 aliphatic heterocycles. The number of benzene rings is 1. The van der Waals surface area contributed by atoms with E-state index in [1.807, 2.05) is 23.8 Å². The Morgan fingerprint density at radius 2 is 1.90 bits per heavy atom. The molecule has 0 N–H and O–H groups in total. The van der Waals surface area contributed by atoms with Gasteiger partial charge in [0.05, 0.1) is 16.6 Å². The fraction of sp³-hybridized carbons (Fsp3) is 0.400. The second kappa shape index (κ2) is 7.59. The molecule has 3 aromatic heterocycles. The first-order valence-electron chi connectivity index (χ1n) is 11.2. The topological polar surface area (TPSA) is 52.2 Å².